The standard InChI is InChI=1S/C34H38Cl2N2O4/c1-18-9-8-10-23(19(18)2)37-28(41)17-42-32-21(35)11-20(12-22(32)36)29-30-24(13-33(3,4)15-26(30)39)38(7)25-14-34(5,6)16-27(40)31(25)29/h8-12,29H,13-17H2,1-7H3,(H,37,41). The van der Waals surface area contributed by atoms with E-state index in [2.05, 4.69) is 37.9 Å². The third kappa shape index (κ3) is 5.63. The number of anilines is 1. The van der Waals surface area contributed by atoms with Gasteiger partial charge < -0.3 is 15.0 Å². The minimum absolute atomic E-state index is 0.0398. The minimum Gasteiger partial charge on any atom is -0.481 e. The summed E-state index contributed by atoms with van der Waals surface area (Å²) in [6.07, 6.45) is 2.25. The maximum Gasteiger partial charge on any atom is 0.262 e. The summed E-state index contributed by atoms with van der Waals surface area (Å²) in [5, 5.41) is 3.30. The van der Waals surface area contributed by atoms with E-state index in [1.165, 1.54) is 0 Å². The Bertz CT molecular complexity index is 1510. The van der Waals surface area contributed by atoms with Gasteiger partial charge in [-0.3, -0.25) is 14.4 Å². The fraction of sp³-hybridized carbons (Fsp3) is 0.441. The number of hydrogen-bond acceptors (Lipinski definition) is 5. The summed E-state index contributed by atoms with van der Waals surface area (Å²) in [7, 11) is 1.98. The number of benzene rings is 2. The first-order chi connectivity index (χ1) is 19.6. The van der Waals surface area contributed by atoms with Crippen molar-refractivity contribution in [3.8, 4) is 5.75 Å². The minimum atomic E-state index is -0.560. The molecule has 6 nitrogen and oxygen atoms in total. The van der Waals surface area contributed by atoms with Gasteiger partial charge in [-0.15, -0.1) is 0 Å². The van der Waals surface area contributed by atoms with E-state index in [1.54, 1.807) is 12.1 Å². The number of Topliss-reactive ketones (excluding diaryl/α,β-unsaturated/α-hetero) is 2. The van der Waals surface area contributed by atoms with Crippen molar-refractivity contribution >= 4 is 46.4 Å². The zero-order chi connectivity index (χ0) is 30.7. The number of allylic oxidation sites excluding steroid dienone is 4. The quantitative estimate of drug-likeness (QED) is 0.373. The molecule has 8 heteroatoms. The van der Waals surface area contributed by atoms with E-state index in [1.807, 2.05) is 39.1 Å². The van der Waals surface area contributed by atoms with E-state index in [9.17, 15) is 14.4 Å². The smallest absolute Gasteiger partial charge is 0.262 e. The lowest BCUT2D eigenvalue weighted by atomic mass is 9.64. The predicted octanol–water partition coefficient (Wildman–Crippen LogP) is 7.94. The molecule has 5 rings (SSSR count). The van der Waals surface area contributed by atoms with Gasteiger partial charge in [-0.1, -0.05) is 63.0 Å². The molecule has 1 heterocycles. The summed E-state index contributed by atoms with van der Waals surface area (Å²) in [6, 6.07) is 9.14. The molecule has 0 bridgehead atoms. The normalized spacial score (nSPS) is 20.0. The molecule has 1 amide bonds. The Morgan fingerprint density at radius 2 is 1.45 bits per heavy atom. The van der Waals surface area contributed by atoms with Crippen LogP contribution < -0.4 is 10.1 Å². The third-order valence-corrected chi connectivity index (χ3v) is 9.32. The zero-order valence-electron chi connectivity index (χ0n) is 25.3. The number of ether oxygens (including phenoxy) is 1. The lowest BCUT2D eigenvalue weighted by molar-refractivity contribution is -0.120. The molecule has 0 saturated heterocycles. The monoisotopic (exact) mass is 608 g/mol. The summed E-state index contributed by atoms with van der Waals surface area (Å²) >= 11 is 13.5. The van der Waals surface area contributed by atoms with Crippen molar-refractivity contribution in [3.63, 3.8) is 0 Å². The molecule has 42 heavy (non-hydrogen) atoms. The van der Waals surface area contributed by atoms with Crippen LogP contribution in [0, 0.1) is 24.7 Å². The van der Waals surface area contributed by atoms with E-state index in [0.29, 0.717) is 35.2 Å². The predicted molar refractivity (Wildman–Crippen MR) is 167 cm³/mol. The van der Waals surface area contributed by atoms with Crippen molar-refractivity contribution in [2.75, 3.05) is 19.0 Å². The number of halogens is 2. The van der Waals surface area contributed by atoms with Crippen LogP contribution in [0.1, 0.15) is 76.0 Å². The Labute approximate surface area is 258 Å². The number of carbonyl (C=O) groups is 3. The fourth-order valence-corrected chi connectivity index (χ4v) is 7.21. The first-order valence-electron chi connectivity index (χ1n) is 14.3. The Balaban J connectivity index is 1.50. The highest BCUT2D eigenvalue weighted by Crippen LogP contribution is 2.54. The summed E-state index contributed by atoms with van der Waals surface area (Å²) in [6.45, 7) is 12.1. The van der Waals surface area contributed by atoms with Crippen molar-refractivity contribution in [1.82, 2.24) is 4.90 Å². The Morgan fingerprint density at radius 1 is 0.929 bits per heavy atom. The molecule has 0 aromatic heterocycles. The number of rotatable bonds is 5. The van der Waals surface area contributed by atoms with E-state index in [4.69, 9.17) is 27.9 Å². The van der Waals surface area contributed by atoms with Crippen LogP contribution in [-0.2, 0) is 14.4 Å². The second kappa shape index (κ2) is 10.9. The van der Waals surface area contributed by atoms with Crippen molar-refractivity contribution in [2.45, 2.75) is 73.1 Å². The molecule has 0 radical (unpaired) electrons. The maximum atomic E-state index is 13.7. The Hall–Kier alpha value is -3.09. The average Bonchev–Trinajstić information content (AvgIpc) is 2.86. The highest BCUT2D eigenvalue weighted by Gasteiger charge is 2.48. The van der Waals surface area contributed by atoms with Crippen LogP contribution in [0.5, 0.6) is 5.75 Å². The lowest BCUT2D eigenvalue weighted by Crippen LogP contribution is -2.43. The van der Waals surface area contributed by atoms with Gasteiger partial charge in [0.25, 0.3) is 5.91 Å². The molecule has 1 N–H and O–H groups in total. The molecule has 2 aromatic rings. The first-order valence-corrected chi connectivity index (χ1v) is 15.1. The van der Waals surface area contributed by atoms with Crippen molar-refractivity contribution in [1.29, 1.82) is 0 Å². The molecule has 1 aliphatic heterocycles. The summed E-state index contributed by atoms with van der Waals surface area (Å²) < 4.78 is 5.80. The van der Waals surface area contributed by atoms with E-state index >= 15 is 0 Å². The highest BCUT2D eigenvalue weighted by atomic mass is 35.5. The molecule has 0 atom stereocenters. The van der Waals surface area contributed by atoms with Gasteiger partial charge in [0, 0.05) is 54.0 Å². The molecule has 222 valence electrons. The van der Waals surface area contributed by atoms with E-state index in [0.717, 1.165) is 35.4 Å². The number of nitrogens with zero attached hydrogens (tertiary/aromatic N) is 1. The summed E-state index contributed by atoms with van der Waals surface area (Å²) in [5.41, 5.74) is 6.28. The van der Waals surface area contributed by atoms with Gasteiger partial charge in [-0.05, 0) is 72.4 Å². The number of nitrogens with one attached hydrogen (secondary N) is 1. The maximum absolute atomic E-state index is 13.7. The van der Waals surface area contributed by atoms with Gasteiger partial charge in [0.15, 0.2) is 23.9 Å². The molecule has 2 aliphatic carbocycles. The molecule has 2 aromatic carbocycles. The SMILES string of the molecule is Cc1cccc(NC(=O)COc2c(Cl)cc(C3C4=C(CC(C)(C)CC4=O)N(C)C4=C3C(=O)CC(C)(C)C4)cc2Cl)c1C. The summed E-state index contributed by atoms with van der Waals surface area (Å²) in [4.78, 5) is 42.3. The van der Waals surface area contributed by atoms with Gasteiger partial charge in [0.1, 0.15) is 0 Å². The number of hydrogen-bond donors (Lipinski definition) is 1. The number of amides is 1. The summed E-state index contributed by atoms with van der Waals surface area (Å²) in [5.74, 6) is -0.640. The average molecular weight is 610 g/mol. The number of carbonyl (C=O) groups excluding carboxylic acids is 3. The van der Waals surface area contributed by atoms with Crippen molar-refractivity contribution in [3.05, 3.63) is 79.6 Å². The molecular formula is C34H38Cl2N2O4. The van der Waals surface area contributed by atoms with Crippen LogP contribution in [0.2, 0.25) is 10.0 Å². The van der Waals surface area contributed by atoms with Gasteiger partial charge in [0.2, 0.25) is 0 Å². The molecule has 0 fully saturated rings. The Morgan fingerprint density at radius 3 is 1.98 bits per heavy atom. The lowest BCUT2D eigenvalue weighted by Gasteiger charge is -2.48. The van der Waals surface area contributed by atoms with Crippen molar-refractivity contribution < 1.29 is 19.1 Å². The van der Waals surface area contributed by atoms with Crippen LogP contribution in [0.3, 0.4) is 0 Å². The molecule has 0 saturated carbocycles. The van der Waals surface area contributed by atoms with Gasteiger partial charge in [0.05, 0.1) is 10.0 Å². The van der Waals surface area contributed by atoms with Crippen LogP contribution >= 0.6 is 23.2 Å². The fourth-order valence-electron chi connectivity index (χ4n) is 6.59. The Kier molecular flexibility index (Phi) is 7.86. The molecular weight excluding hydrogens is 571 g/mol. The van der Waals surface area contributed by atoms with Crippen LogP contribution in [-0.4, -0.2) is 36.0 Å². The van der Waals surface area contributed by atoms with E-state index in [-0.39, 0.29) is 50.7 Å². The van der Waals surface area contributed by atoms with Gasteiger partial charge >= 0.3 is 0 Å². The second-order valence-corrected chi connectivity index (χ2v) is 14.3. The van der Waals surface area contributed by atoms with Gasteiger partial charge in [-0.2, -0.15) is 0 Å². The number of aryl methyl sites for hydroxylation is 1. The van der Waals surface area contributed by atoms with Crippen LogP contribution in [0.4, 0.5) is 5.69 Å². The van der Waals surface area contributed by atoms with Crippen molar-refractivity contribution in [2.24, 2.45) is 10.8 Å². The zero-order valence-corrected chi connectivity index (χ0v) is 26.8. The topological polar surface area (TPSA) is 75.7 Å². The van der Waals surface area contributed by atoms with E-state index < -0.39 is 5.92 Å². The largest absolute Gasteiger partial charge is 0.481 e. The third-order valence-electron chi connectivity index (χ3n) is 8.76. The second-order valence-electron chi connectivity index (χ2n) is 13.5. The molecule has 3 aliphatic rings. The highest BCUT2D eigenvalue weighted by molar-refractivity contribution is 6.37. The van der Waals surface area contributed by atoms with Crippen LogP contribution in [0.15, 0.2) is 52.9 Å². The van der Waals surface area contributed by atoms with Gasteiger partial charge in [-0.25, -0.2) is 0 Å². The van der Waals surface area contributed by atoms with Crippen LogP contribution in [0.25, 0.3) is 0 Å². The first kappa shape index (κ1) is 30.4. The molecule has 0 spiro atoms. The number of ketones is 2. The molecule has 0 unspecified atom stereocenters.